The molecule has 2 amide bonds. The van der Waals surface area contributed by atoms with Crippen LogP contribution >= 0.6 is 35.0 Å². The van der Waals surface area contributed by atoms with E-state index in [0.717, 1.165) is 11.1 Å². The second-order valence-corrected chi connectivity index (χ2v) is 10.2. The fraction of sp³-hybridized carbons (Fsp3) is 0.286. The van der Waals surface area contributed by atoms with E-state index in [9.17, 15) is 9.59 Å². The molecule has 0 aromatic heterocycles. The van der Waals surface area contributed by atoms with E-state index < -0.39 is 6.04 Å². The third-order valence-electron chi connectivity index (χ3n) is 5.55. The predicted molar refractivity (Wildman–Crippen MR) is 147 cm³/mol. The molecule has 0 radical (unpaired) electrons. The Bertz CT molecular complexity index is 1140. The summed E-state index contributed by atoms with van der Waals surface area (Å²) in [5.41, 5.74) is 4.08. The Morgan fingerprint density at radius 3 is 2.40 bits per heavy atom. The first kappa shape index (κ1) is 27.1. The normalized spacial score (nSPS) is 11.7. The van der Waals surface area contributed by atoms with E-state index in [-0.39, 0.29) is 24.1 Å². The minimum Gasteiger partial charge on any atom is -0.355 e. The molecule has 0 saturated heterocycles. The van der Waals surface area contributed by atoms with Gasteiger partial charge in [0, 0.05) is 35.3 Å². The number of likely N-dealkylation sites (N-methyl/N-ethyl adjacent to an activating group) is 1. The van der Waals surface area contributed by atoms with Crippen molar-refractivity contribution in [1.82, 2.24) is 10.2 Å². The maximum Gasteiger partial charge on any atom is 0.243 e. The standard InChI is InChI=1S/C28H30Cl2N2O2S/c1-3-31-28(34)26(15-21-9-5-4-6-10-21)32(17-23-12-13-24(29)16-25(23)30)27(33)19-35-18-22-11-7-8-20(2)14-22/h4-14,16,26H,3,15,17-19H2,1-2H3,(H,31,34)/t26-/m1/s1. The number of nitrogens with one attached hydrogen (secondary N) is 1. The minimum absolute atomic E-state index is 0.110. The van der Waals surface area contributed by atoms with Crippen molar-refractivity contribution in [1.29, 1.82) is 0 Å². The molecule has 3 aromatic carbocycles. The number of benzene rings is 3. The summed E-state index contributed by atoms with van der Waals surface area (Å²) in [6, 6.07) is 22.5. The monoisotopic (exact) mass is 528 g/mol. The molecule has 0 aliphatic carbocycles. The molecule has 0 fully saturated rings. The van der Waals surface area contributed by atoms with Gasteiger partial charge in [0.15, 0.2) is 0 Å². The number of hydrogen-bond acceptors (Lipinski definition) is 3. The molecule has 35 heavy (non-hydrogen) atoms. The number of aryl methyl sites for hydroxylation is 1. The SMILES string of the molecule is CCNC(=O)[C@@H](Cc1ccccc1)N(Cc1ccc(Cl)cc1Cl)C(=O)CSCc1cccc(C)c1. The summed E-state index contributed by atoms with van der Waals surface area (Å²) >= 11 is 14.1. The van der Waals surface area contributed by atoms with E-state index >= 15 is 0 Å². The van der Waals surface area contributed by atoms with Gasteiger partial charge >= 0.3 is 0 Å². The Balaban J connectivity index is 1.85. The lowest BCUT2D eigenvalue weighted by molar-refractivity contribution is -0.139. The molecule has 0 heterocycles. The summed E-state index contributed by atoms with van der Waals surface area (Å²) < 4.78 is 0. The van der Waals surface area contributed by atoms with Gasteiger partial charge in [-0.2, -0.15) is 0 Å². The molecular formula is C28H30Cl2N2O2S. The van der Waals surface area contributed by atoms with Crippen LogP contribution in [0.5, 0.6) is 0 Å². The average molecular weight is 530 g/mol. The first-order valence-electron chi connectivity index (χ1n) is 11.6. The fourth-order valence-corrected chi connectivity index (χ4v) is 5.15. The molecule has 7 heteroatoms. The van der Waals surface area contributed by atoms with Gasteiger partial charge in [-0.3, -0.25) is 9.59 Å². The van der Waals surface area contributed by atoms with Crippen LogP contribution in [0.15, 0.2) is 72.8 Å². The number of halogens is 2. The van der Waals surface area contributed by atoms with Crippen LogP contribution in [0.3, 0.4) is 0 Å². The molecule has 0 unspecified atom stereocenters. The van der Waals surface area contributed by atoms with Gasteiger partial charge in [0.25, 0.3) is 0 Å². The summed E-state index contributed by atoms with van der Waals surface area (Å²) in [7, 11) is 0. The summed E-state index contributed by atoms with van der Waals surface area (Å²) in [5, 5.41) is 3.90. The molecule has 3 rings (SSSR count). The van der Waals surface area contributed by atoms with Crippen LogP contribution in [0.2, 0.25) is 10.0 Å². The van der Waals surface area contributed by atoms with E-state index in [2.05, 4.69) is 30.4 Å². The highest BCUT2D eigenvalue weighted by Gasteiger charge is 2.30. The fourth-order valence-electron chi connectivity index (χ4n) is 3.82. The van der Waals surface area contributed by atoms with E-state index in [1.165, 1.54) is 11.1 Å². The highest BCUT2D eigenvalue weighted by atomic mass is 35.5. The van der Waals surface area contributed by atoms with E-state index in [4.69, 9.17) is 23.2 Å². The van der Waals surface area contributed by atoms with Crippen LogP contribution in [-0.2, 0) is 28.3 Å². The number of hydrogen-bond donors (Lipinski definition) is 1. The number of carbonyl (C=O) groups is 2. The first-order chi connectivity index (χ1) is 16.9. The third-order valence-corrected chi connectivity index (χ3v) is 7.13. The summed E-state index contributed by atoms with van der Waals surface area (Å²) in [4.78, 5) is 28.4. The van der Waals surface area contributed by atoms with Gasteiger partial charge in [0.2, 0.25) is 11.8 Å². The lowest BCUT2D eigenvalue weighted by Gasteiger charge is -2.31. The van der Waals surface area contributed by atoms with Crippen LogP contribution in [0.1, 0.15) is 29.2 Å². The van der Waals surface area contributed by atoms with Crippen LogP contribution in [0, 0.1) is 6.92 Å². The Kier molecular flexibility index (Phi) is 10.5. The van der Waals surface area contributed by atoms with Gasteiger partial charge in [-0.1, -0.05) is 89.4 Å². The van der Waals surface area contributed by atoms with Gasteiger partial charge < -0.3 is 10.2 Å². The molecule has 1 atom stereocenters. The number of amides is 2. The van der Waals surface area contributed by atoms with Crippen LogP contribution in [0.25, 0.3) is 0 Å². The molecule has 0 aliphatic heterocycles. The topological polar surface area (TPSA) is 49.4 Å². The first-order valence-corrected chi connectivity index (χ1v) is 13.5. The zero-order valence-corrected chi connectivity index (χ0v) is 22.3. The zero-order valence-electron chi connectivity index (χ0n) is 20.0. The molecule has 0 bridgehead atoms. The predicted octanol–water partition coefficient (Wildman–Crippen LogP) is 6.31. The Morgan fingerprint density at radius 2 is 1.71 bits per heavy atom. The van der Waals surface area contributed by atoms with Gasteiger partial charge in [-0.25, -0.2) is 0 Å². The molecule has 4 nitrogen and oxygen atoms in total. The van der Waals surface area contributed by atoms with E-state index in [1.807, 2.05) is 49.4 Å². The number of carbonyl (C=O) groups excluding carboxylic acids is 2. The van der Waals surface area contributed by atoms with Gasteiger partial charge in [0.05, 0.1) is 5.75 Å². The lowest BCUT2D eigenvalue weighted by Crippen LogP contribution is -2.51. The highest BCUT2D eigenvalue weighted by Crippen LogP contribution is 2.25. The van der Waals surface area contributed by atoms with Crippen LogP contribution in [0.4, 0.5) is 0 Å². The van der Waals surface area contributed by atoms with Crippen molar-refractivity contribution in [2.75, 3.05) is 12.3 Å². The summed E-state index contributed by atoms with van der Waals surface area (Å²) in [6.07, 6.45) is 0.409. The van der Waals surface area contributed by atoms with Gasteiger partial charge in [-0.15, -0.1) is 11.8 Å². The van der Waals surface area contributed by atoms with Crippen LogP contribution in [-0.4, -0.2) is 35.1 Å². The highest BCUT2D eigenvalue weighted by molar-refractivity contribution is 7.99. The van der Waals surface area contributed by atoms with Gasteiger partial charge in [0.1, 0.15) is 6.04 Å². The van der Waals surface area contributed by atoms with Gasteiger partial charge in [-0.05, 0) is 42.7 Å². The smallest absolute Gasteiger partial charge is 0.243 e. The summed E-state index contributed by atoms with van der Waals surface area (Å²) in [6.45, 7) is 4.62. The van der Waals surface area contributed by atoms with Crippen molar-refractivity contribution in [3.8, 4) is 0 Å². The average Bonchev–Trinajstić information content (AvgIpc) is 2.83. The Labute approximate surface area is 222 Å². The van der Waals surface area contributed by atoms with Crippen molar-refractivity contribution in [2.45, 2.75) is 38.6 Å². The quantitative estimate of drug-likeness (QED) is 0.317. The Hall–Kier alpha value is -2.47. The Morgan fingerprint density at radius 1 is 0.971 bits per heavy atom. The third kappa shape index (κ3) is 8.31. The molecule has 0 aliphatic rings. The van der Waals surface area contributed by atoms with E-state index in [1.54, 1.807) is 28.8 Å². The van der Waals surface area contributed by atoms with E-state index in [0.29, 0.717) is 28.8 Å². The molecular weight excluding hydrogens is 499 g/mol. The van der Waals surface area contributed by atoms with Crippen molar-refractivity contribution in [3.05, 3.63) is 105 Å². The number of nitrogens with zero attached hydrogens (tertiary/aromatic N) is 1. The van der Waals surface area contributed by atoms with Crippen molar-refractivity contribution in [3.63, 3.8) is 0 Å². The molecule has 0 spiro atoms. The van der Waals surface area contributed by atoms with Crippen molar-refractivity contribution in [2.24, 2.45) is 0 Å². The molecule has 3 aromatic rings. The van der Waals surface area contributed by atoms with Crippen molar-refractivity contribution >= 4 is 46.8 Å². The second kappa shape index (κ2) is 13.6. The molecule has 1 N–H and O–H groups in total. The second-order valence-electron chi connectivity index (χ2n) is 8.34. The minimum atomic E-state index is -0.670. The molecule has 0 saturated carbocycles. The number of thioether (sulfide) groups is 1. The molecule has 184 valence electrons. The van der Waals surface area contributed by atoms with Crippen molar-refractivity contribution < 1.29 is 9.59 Å². The summed E-state index contributed by atoms with van der Waals surface area (Å²) in [5.74, 6) is 0.677. The number of rotatable bonds is 11. The van der Waals surface area contributed by atoms with Crippen LogP contribution < -0.4 is 5.32 Å². The largest absolute Gasteiger partial charge is 0.355 e. The lowest BCUT2D eigenvalue weighted by atomic mass is 10.0. The maximum absolute atomic E-state index is 13.6. The maximum atomic E-state index is 13.6. The zero-order chi connectivity index (χ0) is 25.2.